The molecule has 0 bridgehead atoms. The summed E-state index contributed by atoms with van der Waals surface area (Å²) in [5.74, 6) is 1.20. The number of nitrogens with zero attached hydrogens (tertiary/aromatic N) is 3. The summed E-state index contributed by atoms with van der Waals surface area (Å²) in [6, 6.07) is 6.18. The van der Waals surface area contributed by atoms with Crippen molar-refractivity contribution in [2.75, 3.05) is 0 Å². The summed E-state index contributed by atoms with van der Waals surface area (Å²) >= 11 is 6.19. The number of hydrogen-bond acceptors (Lipinski definition) is 3. The summed E-state index contributed by atoms with van der Waals surface area (Å²) in [7, 11) is 0. The first-order valence-electron chi connectivity index (χ1n) is 6.92. The minimum Gasteiger partial charge on any atom is -0.309 e. The molecule has 0 aliphatic rings. The van der Waals surface area contributed by atoms with Crippen molar-refractivity contribution in [2.24, 2.45) is 0 Å². The number of halogens is 1. The van der Waals surface area contributed by atoms with Crippen LogP contribution in [-0.4, -0.2) is 20.8 Å². The monoisotopic (exact) mass is 292 g/mol. The van der Waals surface area contributed by atoms with Crippen molar-refractivity contribution in [1.29, 1.82) is 0 Å². The molecule has 108 valence electrons. The van der Waals surface area contributed by atoms with E-state index in [9.17, 15) is 0 Å². The quantitative estimate of drug-likeness (QED) is 0.916. The van der Waals surface area contributed by atoms with Crippen LogP contribution in [0.5, 0.6) is 0 Å². The Morgan fingerprint density at radius 2 is 1.95 bits per heavy atom. The Balaban J connectivity index is 2.25. The van der Waals surface area contributed by atoms with Crippen molar-refractivity contribution in [3.05, 3.63) is 40.8 Å². The lowest BCUT2D eigenvalue weighted by Gasteiger charge is -2.10. The maximum absolute atomic E-state index is 6.19. The fourth-order valence-electron chi connectivity index (χ4n) is 1.80. The summed E-state index contributed by atoms with van der Waals surface area (Å²) in [5.41, 5.74) is 1.91. The van der Waals surface area contributed by atoms with E-state index in [0.717, 1.165) is 17.2 Å². The van der Waals surface area contributed by atoms with Gasteiger partial charge in [-0.1, -0.05) is 39.3 Å². The van der Waals surface area contributed by atoms with E-state index in [1.165, 1.54) is 0 Å². The van der Waals surface area contributed by atoms with Gasteiger partial charge in [-0.2, -0.15) is 5.10 Å². The highest BCUT2D eigenvalue weighted by atomic mass is 35.5. The van der Waals surface area contributed by atoms with Gasteiger partial charge >= 0.3 is 0 Å². The van der Waals surface area contributed by atoms with Crippen molar-refractivity contribution in [1.82, 2.24) is 20.1 Å². The molecule has 0 saturated carbocycles. The molecule has 0 aliphatic heterocycles. The second-order valence-corrected chi connectivity index (χ2v) is 5.88. The second kappa shape index (κ2) is 6.37. The summed E-state index contributed by atoms with van der Waals surface area (Å²) < 4.78 is 1.80. The Kier molecular flexibility index (Phi) is 4.78. The first-order chi connectivity index (χ1) is 9.47. The van der Waals surface area contributed by atoms with Crippen LogP contribution in [0.25, 0.3) is 5.82 Å². The van der Waals surface area contributed by atoms with Crippen molar-refractivity contribution < 1.29 is 0 Å². The van der Waals surface area contributed by atoms with E-state index in [1.807, 2.05) is 24.4 Å². The number of aromatic nitrogens is 3. The highest BCUT2D eigenvalue weighted by molar-refractivity contribution is 6.31. The molecular weight excluding hydrogens is 272 g/mol. The molecule has 0 spiro atoms. The van der Waals surface area contributed by atoms with Gasteiger partial charge in [-0.3, -0.25) is 0 Å². The van der Waals surface area contributed by atoms with Crippen molar-refractivity contribution in [3.63, 3.8) is 0 Å². The Morgan fingerprint density at radius 1 is 1.20 bits per heavy atom. The van der Waals surface area contributed by atoms with E-state index in [1.54, 1.807) is 4.68 Å². The lowest BCUT2D eigenvalue weighted by molar-refractivity contribution is 0.580. The highest BCUT2D eigenvalue weighted by Crippen LogP contribution is 2.18. The van der Waals surface area contributed by atoms with Crippen LogP contribution in [0.1, 0.15) is 45.0 Å². The maximum atomic E-state index is 6.19. The zero-order chi connectivity index (χ0) is 14.7. The fraction of sp³-hybridized carbons (Fsp3) is 0.467. The van der Waals surface area contributed by atoms with Crippen LogP contribution in [0.15, 0.2) is 24.4 Å². The van der Waals surface area contributed by atoms with Gasteiger partial charge in [0.05, 0.1) is 16.4 Å². The third kappa shape index (κ3) is 3.58. The van der Waals surface area contributed by atoms with Gasteiger partial charge in [-0.25, -0.2) is 9.67 Å². The van der Waals surface area contributed by atoms with Crippen LogP contribution >= 0.6 is 11.6 Å². The van der Waals surface area contributed by atoms with E-state index in [-0.39, 0.29) is 0 Å². The van der Waals surface area contributed by atoms with Crippen LogP contribution in [0.2, 0.25) is 5.02 Å². The Bertz CT molecular complexity index is 575. The molecule has 0 amide bonds. The lowest BCUT2D eigenvalue weighted by atomic mass is 10.1. The Labute approximate surface area is 125 Å². The maximum Gasteiger partial charge on any atom is 0.153 e. The Morgan fingerprint density at radius 3 is 2.55 bits per heavy atom. The molecule has 0 fully saturated rings. The van der Waals surface area contributed by atoms with Gasteiger partial charge in [0.15, 0.2) is 5.82 Å². The smallest absolute Gasteiger partial charge is 0.153 e. The van der Waals surface area contributed by atoms with Crippen molar-refractivity contribution in [2.45, 2.75) is 46.2 Å². The molecule has 0 atom stereocenters. The standard InChI is InChI=1S/C15H21ClN4/c1-10(2)13-7-8-20(19-13)15-6-5-12(16)14(18-15)9-17-11(3)4/h5-8,10-11,17H,9H2,1-4H3. The molecule has 2 aromatic rings. The Hall–Kier alpha value is -1.39. The molecule has 2 aromatic heterocycles. The number of rotatable bonds is 5. The van der Waals surface area contributed by atoms with Crippen LogP contribution in [0.3, 0.4) is 0 Å². The van der Waals surface area contributed by atoms with Crippen LogP contribution in [0, 0.1) is 0 Å². The summed E-state index contributed by atoms with van der Waals surface area (Å²) in [4.78, 5) is 4.59. The topological polar surface area (TPSA) is 42.7 Å². The first kappa shape index (κ1) is 15.0. The molecule has 20 heavy (non-hydrogen) atoms. The van der Waals surface area contributed by atoms with E-state index in [4.69, 9.17) is 11.6 Å². The molecule has 0 unspecified atom stereocenters. The van der Waals surface area contributed by atoms with Crippen molar-refractivity contribution in [3.8, 4) is 5.82 Å². The van der Waals surface area contributed by atoms with E-state index in [2.05, 4.69) is 43.1 Å². The minimum atomic E-state index is 0.397. The largest absolute Gasteiger partial charge is 0.309 e. The SMILES string of the molecule is CC(C)NCc1nc(-n2ccc(C(C)C)n2)ccc1Cl. The molecule has 4 nitrogen and oxygen atoms in total. The fourth-order valence-corrected chi connectivity index (χ4v) is 1.97. The van der Waals surface area contributed by atoms with Gasteiger partial charge in [0.2, 0.25) is 0 Å². The van der Waals surface area contributed by atoms with Crippen LogP contribution in [0.4, 0.5) is 0 Å². The average Bonchev–Trinajstić information content (AvgIpc) is 2.87. The van der Waals surface area contributed by atoms with E-state index >= 15 is 0 Å². The van der Waals surface area contributed by atoms with E-state index in [0.29, 0.717) is 23.5 Å². The first-order valence-corrected chi connectivity index (χ1v) is 7.30. The number of nitrogens with one attached hydrogen (secondary N) is 1. The van der Waals surface area contributed by atoms with Crippen LogP contribution in [-0.2, 0) is 6.54 Å². The molecular formula is C15H21ClN4. The van der Waals surface area contributed by atoms with Gasteiger partial charge in [0.1, 0.15) is 0 Å². The summed E-state index contributed by atoms with van der Waals surface area (Å²) in [6.45, 7) is 9.10. The normalized spacial score (nSPS) is 11.6. The van der Waals surface area contributed by atoms with Gasteiger partial charge in [-0.15, -0.1) is 0 Å². The third-order valence-electron chi connectivity index (χ3n) is 3.02. The average molecular weight is 293 g/mol. The lowest BCUT2D eigenvalue weighted by Crippen LogP contribution is -2.23. The van der Waals surface area contributed by atoms with Crippen molar-refractivity contribution >= 4 is 11.6 Å². The molecule has 2 rings (SSSR count). The molecule has 1 N–H and O–H groups in total. The molecule has 0 aliphatic carbocycles. The second-order valence-electron chi connectivity index (χ2n) is 5.47. The zero-order valence-corrected chi connectivity index (χ0v) is 13.1. The van der Waals surface area contributed by atoms with Gasteiger partial charge in [-0.05, 0) is 24.1 Å². The summed E-state index contributed by atoms with van der Waals surface area (Å²) in [5, 5.41) is 8.54. The molecule has 0 saturated heterocycles. The van der Waals surface area contributed by atoms with Gasteiger partial charge < -0.3 is 5.32 Å². The minimum absolute atomic E-state index is 0.397. The number of hydrogen-bond donors (Lipinski definition) is 1. The molecule has 2 heterocycles. The number of pyridine rings is 1. The van der Waals surface area contributed by atoms with Gasteiger partial charge in [0.25, 0.3) is 0 Å². The van der Waals surface area contributed by atoms with E-state index < -0.39 is 0 Å². The molecule has 0 aromatic carbocycles. The molecule has 0 radical (unpaired) electrons. The highest BCUT2D eigenvalue weighted by Gasteiger charge is 2.09. The van der Waals surface area contributed by atoms with Crippen LogP contribution < -0.4 is 5.32 Å². The zero-order valence-electron chi connectivity index (χ0n) is 12.4. The predicted molar refractivity (Wildman–Crippen MR) is 82.4 cm³/mol. The predicted octanol–water partition coefficient (Wildman–Crippen LogP) is 3.54. The molecule has 5 heteroatoms. The summed E-state index contributed by atoms with van der Waals surface area (Å²) in [6.07, 6.45) is 1.94. The third-order valence-corrected chi connectivity index (χ3v) is 3.36. The van der Waals surface area contributed by atoms with Gasteiger partial charge in [0, 0.05) is 18.8 Å².